The Hall–Kier alpha value is -1.22. The largest absolute Gasteiger partial charge is 0.508 e. The van der Waals surface area contributed by atoms with Crippen LogP contribution in [0.5, 0.6) is 11.5 Å². The number of ether oxygens (including phenoxy) is 1. The minimum absolute atomic E-state index is 0.253. The van der Waals surface area contributed by atoms with Gasteiger partial charge >= 0.3 is 0 Å². The van der Waals surface area contributed by atoms with Crippen LogP contribution in [0.1, 0.15) is 33.6 Å². The van der Waals surface area contributed by atoms with Crippen molar-refractivity contribution in [3.8, 4) is 11.5 Å². The minimum atomic E-state index is 0.253. The molecule has 0 unspecified atom stereocenters. The van der Waals surface area contributed by atoms with Crippen molar-refractivity contribution in [1.29, 1.82) is 0 Å². The van der Waals surface area contributed by atoms with E-state index in [9.17, 15) is 5.11 Å². The lowest BCUT2D eigenvalue weighted by molar-refractivity contribution is 0.0491. The molecule has 0 bridgehead atoms. The average Bonchev–Trinajstić information content (AvgIpc) is 2.32. The highest BCUT2D eigenvalue weighted by atomic mass is 16.5. The van der Waals surface area contributed by atoms with E-state index in [-0.39, 0.29) is 11.3 Å². The third-order valence-corrected chi connectivity index (χ3v) is 3.53. The number of phenolic OH excluding ortho intramolecular Hbond substituents is 1. The normalized spacial score (nSPS) is 18.8. The molecule has 0 aromatic heterocycles. The number of rotatable bonds is 2. The summed E-state index contributed by atoms with van der Waals surface area (Å²) in [5.41, 5.74) is 0.253. The van der Waals surface area contributed by atoms with Crippen molar-refractivity contribution < 1.29 is 9.84 Å². The Balaban J connectivity index is 1.85. The number of nitrogens with zero attached hydrogens (tertiary/aromatic N) is 1. The third kappa shape index (κ3) is 3.39. The van der Waals surface area contributed by atoms with Gasteiger partial charge in [-0.25, -0.2) is 0 Å². The second kappa shape index (κ2) is 5.19. The summed E-state index contributed by atoms with van der Waals surface area (Å²) in [6.07, 6.45) is 2.43. The van der Waals surface area contributed by atoms with Gasteiger partial charge in [0, 0.05) is 18.6 Å². The van der Waals surface area contributed by atoms with Crippen LogP contribution < -0.4 is 4.74 Å². The smallest absolute Gasteiger partial charge is 0.119 e. The van der Waals surface area contributed by atoms with Crippen LogP contribution >= 0.6 is 0 Å². The molecule has 1 aromatic rings. The zero-order chi connectivity index (χ0) is 13.2. The molecule has 0 saturated carbocycles. The van der Waals surface area contributed by atoms with E-state index in [0.29, 0.717) is 6.10 Å². The number of benzene rings is 1. The van der Waals surface area contributed by atoms with E-state index in [1.807, 2.05) is 12.1 Å². The molecule has 1 aliphatic rings. The van der Waals surface area contributed by atoms with Gasteiger partial charge in [-0.15, -0.1) is 0 Å². The van der Waals surface area contributed by atoms with Crippen molar-refractivity contribution in [3.63, 3.8) is 0 Å². The van der Waals surface area contributed by atoms with Gasteiger partial charge in [-0.3, -0.25) is 4.90 Å². The Bertz CT molecular complexity index is 372. The molecule has 18 heavy (non-hydrogen) atoms. The lowest BCUT2D eigenvalue weighted by atomic mass is 9.99. The second-order valence-electron chi connectivity index (χ2n) is 5.97. The van der Waals surface area contributed by atoms with Crippen molar-refractivity contribution in [2.45, 2.75) is 45.3 Å². The topological polar surface area (TPSA) is 32.7 Å². The number of hydrogen-bond donors (Lipinski definition) is 1. The summed E-state index contributed by atoms with van der Waals surface area (Å²) in [6, 6.07) is 6.98. The standard InChI is InChI=1S/C15H23NO2/c1-15(2,3)16-10-8-14(9-11-16)18-13-6-4-12(17)5-7-13/h4-7,14,17H,8-11H2,1-3H3. The van der Waals surface area contributed by atoms with Crippen molar-refractivity contribution in [2.75, 3.05) is 13.1 Å². The van der Waals surface area contributed by atoms with Crippen molar-refractivity contribution >= 4 is 0 Å². The zero-order valence-electron chi connectivity index (χ0n) is 11.5. The summed E-state index contributed by atoms with van der Waals surface area (Å²) in [5, 5.41) is 9.22. The van der Waals surface area contributed by atoms with Crippen molar-refractivity contribution in [3.05, 3.63) is 24.3 Å². The fraction of sp³-hybridized carbons (Fsp3) is 0.600. The van der Waals surface area contributed by atoms with Gasteiger partial charge in [-0.2, -0.15) is 0 Å². The number of hydrogen-bond acceptors (Lipinski definition) is 3. The molecule has 3 heteroatoms. The number of aromatic hydroxyl groups is 1. The van der Waals surface area contributed by atoms with Crippen LogP contribution in [0.2, 0.25) is 0 Å². The lowest BCUT2D eigenvalue weighted by Gasteiger charge is -2.40. The first-order valence-electron chi connectivity index (χ1n) is 6.66. The molecule has 1 fully saturated rings. The van der Waals surface area contributed by atoms with Gasteiger partial charge < -0.3 is 9.84 Å². The molecule has 1 aromatic carbocycles. The van der Waals surface area contributed by atoms with E-state index < -0.39 is 0 Å². The Morgan fingerprint density at radius 2 is 1.67 bits per heavy atom. The molecule has 3 nitrogen and oxygen atoms in total. The maximum atomic E-state index is 9.22. The van der Waals surface area contributed by atoms with Crippen molar-refractivity contribution in [1.82, 2.24) is 4.90 Å². The first kappa shape index (κ1) is 13.2. The molecule has 1 N–H and O–H groups in total. The average molecular weight is 249 g/mol. The summed E-state index contributed by atoms with van der Waals surface area (Å²) in [6.45, 7) is 8.95. The van der Waals surface area contributed by atoms with Gasteiger partial charge in [0.05, 0.1) is 0 Å². The van der Waals surface area contributed by atoms with Crippen LogP contribution in [0, 0.1) is 0 Å². The Morgan fingerprint density at radius 1 is 1.11 bits per heavy atom. The van der Waals surface area contributed by atoms with Crippen LogP contribution in [0.3, 0.4) is 0 Å². The van der Waals surface area contributed by atoms with Crippen LogP contribution in [0.4, 0.5) is 0 Å². The summed E-state index contributed by atoms with van der Waals surface area (Å²) in [7, 11) is 0. The van der Waals surface area contributed by atoms with E-state index >= 15 is 0 Å². The van der Waals surface area contributed by atoms with E-state index in [0.717, 1.165) is 31.7 Å². The maximum Gasteiger partial charge on any atom is 0.119 e. The van der Waals surface area contributed by atoms with E-state index in [1.165, 1.54) is 0 Å². The lowest BCUT2D eigenvalue weighted by Crippen LogP contribution is -2.48. The highest BCUT2D eigenvalue weighted by Gasteiger charge is 2.27. The highest BCUT2D eigenvalue weighted by Crippen LogP contribution is 2.24. The fourth-order valence-electron chi connectivity index (χ4n) is 2.36. The van der Waals surface area contributed by atoms with Gasteiger partial charge in [0.15, 0.2) is 0 Å². The highest BCUT2D eigenvalue weighted by molar-refractivity contribution is 5.30. The molecule has 0 aliphatic carbocycles. The molecular weight excluding hydrogens is 226 g/mol. The number of phenols is 1. The van der Waals surface area contributed by atoms with Gasteiger partial charge in [0.25, 0.3) is 0 Å². The monoisotopic (exact) mass is 249 g/mol. The van der Waals surface area contributed by atoms with E-state index in [1.54, 1.807) is 12.1 Å². The van der Waals surface area contributed by atoms with Gasteiger partial charge in [0.2, 0.25) is 0 Å². The molecule has 1 aliphatic heterocycles. The fourth-order valence-corrected chi connectivity index (χ4v) is 2.36. The number of likely N-dealkylation sites (tertiary alicyclic amines) is 1. The van der Waals surface area contributed by atoms with Crippen LogP contribution in [0.25, 0.3) is 0 Å². The van der Waals surface area contributed by atoms with Gasteiger partial charge in [-0.1, -0.05) is 0 Å². The molecule has 1 heterocycles. The first-order valence-corrected chi connectivity index (χ1v) is 6.66. The van der Waals surface area contributed by atoms with Crippen LogP contribution in [-0.2, 0) is 0 Å². The molecule has 2 rings (SSSR count). The summed E-state index contributed by atoms with van der Waals surface area (Å²) in [4.78, 5) is 2.50. The summed E-state index contributed by atoms with van der Waals surface area (Å²) < 4.78 is 5.93. The number of piperidine rings is 1. The summed E-state index contributed by atoms with van der Waals surface area (Å²) in [5.74, 6) is 1.13. The molecule has 0 amide bonds. The molecule has 0 radical (unpaired) electrons. The van der Waals surface area contributed by atoms with E-state index in [4.69, 9.17) is 4.74 Å². The van der Waals surface area contributed by atoms with Crippen molar-refractivity contribution in [2.24, 2.45) is 0 Å². The van der Waals surface area contributed by atoms with Crippen LogP contribution in [0.15, 0.2) is 24.3 Å². The predicted octanol–water partition coefficient (Wildman–Crippen LogP) is 3.03. The zero-order valence-corrected chi connectivity index (χ0v) is 11.5. The third-order valence-electron chi connectivity index (χ3n) is 3.53. The molecule has 1 saturated heterocycles. The van der Waals surface area contributed by atoms with E-state index in [2.05, 4.69) is 25.7 Å². The SMILES string of the molecule is CC(C)(C)N1CCC(Oc2ccc(O)cc2)CC1. The summed E-state index contributed by atoms with van der Waals surface area (Å²) >= 11 is 0. The molecule has 100 valence electrons. The molecule has 0 atom stereocenters. The maximum absolute atomic E-state index is 9.22. The predicted molar refractivity (Wildman–Crippen MR) is 73.1 cm³/mol. The Kier molecular flexibility index (Phi) is 3.81. The Morgan fingerprint density at radius 3 is 2.17 bits per heavy atom. The molecular formula is C15H23NO2. The van der Waals surface area contributed by atoms with Gasteiger partial charge in [0.1, 0.15) is 17.6 Å². The quantitative estimate of drug-likeness (QED) is 0.874. The molecule has 0 spiro atoms. The Labute approximate surface area is 109 Å². The minimum Gasteiger partial charge on any atom is -0.508 e. The second-order valence-corrected chi connectivity index (χ2v) is 5.97. The van der Waals surface area contributed by atoms with Gasteiger partial charge in [-0.05, 0) is 57.9 Å². The first-order chi connectivity index (χ1) is 8.45. The van der Waals surface area contributed by atoms with Crippen LogP contribution in [-0.4, -0.2) is 34.7 Å².